The SMILES string of the molecule is CCOC(=O)N1CCC(NC(N)=NCC2(c3ccc(OCC)cc3)CCOCC2)CC1.I. The van der Waals surface area contributed by atoms with E-state index in [4.69, 9.17) is 24.9 Å². The monoisotopic (exact) mass is 560 g/mol. The van der Waals surface area contributed by atoms with Gasteiger partial charge in [-0.1, -0.05) is 12.1 Å². The summed E-state index contributed by atoms with van der Waals surface area (Å²) < 4.78 is 16.3. The van der Waals surface area contributed by atoms with Gasteiger partial charge in [-0.2, -0.15) is 0 Å². The Bertz CT molecular complexity index is 730. The molecule has 2 heterocycles. The second-order valence-corrected chi connectivity index (χ2v) is 8.16. The van der Waals surface area contributed by atoms with E-state index < -0.39 is 0 Å². The number of guanidine groups is 1. The third kappa shape index (κ3) is 7.13. The van der Waals surface area contributed by atoms with E-state index in [9.17, 15) is 4.79 Å². The fourth-order valence-corrected chi connectivity index (χ4v) is 4.28. The predicted octanol–water partition coefficient (Wildman–Crippen LogP) is 3.28. The zero-order valence-electron chi connectivity index (χ0n) is 19.2. The van der Waals surface area contributed by atoms with Gasteiger partial charge in [0, 0.05) is 37.8 Å². The lowest BCUT2D eigenvalue weighted by atomic mass is 9.74. The highest BCUT2D eigenvalue weighted by Gasteiger charge is 2.34. The average molecular weight is 560 g/mol. The number of aliphatic imine (C=N–C) groups is 1. The normalized spacial score (nSPS) is 19.1. The number of ether oxygens (including phenoxy) is 3. The summed E-state index contributed by atoms with van der Waals surface area (Å²) in [5, 5.41) is 3.34. The number of likely N-dealkylation sites (tertiary alicyclic amines) is 1. The summed E-state index contributed by atoms with van der Waals surface area (Å²) in [5.41, 5.74) is 7.41. The zero-order valence-corrected chi connectivity index (χ0v) is 21.5. The summed E-state index contributed by atoms with van der Waals surface area (Å²) in [4.78, 5) is 18.3. The number of amides is 1. The number of hydrogen-bond acceptors (Lipinski definition) is 5. The molecule has 1 aromatic rings. The predicted molar refractivity (Wildman–Crippen MR) is 136 cm³/mol. The fourth-order valence-electron chi connectivity index (χ4n) is 4.28. The number of benzene rings is 1. The van der Waals surface area contributed by atoms with E-state index >= 15 is 0 Å². The van der Waals surface area contributed by atoms with Crippen molar-refractivity contribution in [2.45, 2.75) is 51.0 Å². The van der Waals surface area contributed by atoms with E-state index in [1.807, 2.05) is 26.0 Å². The van der Waals surface area contributed by atoms with Crippen LogP contribution in [0.1, 0.15) is 45.1 Å². The highest BCUT2D eigenvalue weighted by Crippen LogP contribution is 2.36. The molecule has 0 spiro atoms. The van der Waals surface area contributed by atoms with Crippen molar-refractivity contribution in [2.75, 3.05) is 46.1 Å². The Kier molecular flexibility index (Phi) is 10.8. The Morgan fingerprint density at radius 1 is 1.19 bits per heavy atom. The van der Waals surface area contributed by atoms with Crippen molar-refractivity contribution in [3.05, 3.63) is 29.8 Å². The Morgan fingerprint density at radius 2 is 1.84 bits per heavy atom. The Hall–Kier alpha value is -1.75. The number of hydrogen-bond donors (Lipinski definition) is 2. The zero-order chi connectivity index (χ0) is 22.1. The lowest BCUT2D eigenvalue weighted by molar-refractivity contribution is 0.0531. The molecular weight excluding hydrogens is 523 g/mol. The molecule has 1 aromatic carbocycles. The number of nitrogens with zero attached hydrogens (tertiary/aromatic N) is 2. The molecule has 0 atom stereocenters. The summed E-state index contributed by atoms with van der Waals surface area (Å²) in [6, 6.07) is 8.55. The molecule has 32 heavy (non-hydrogen) atoms. The summed E-state index contributed by atoms with van der Waals surface area (Å²) in [5.74, 6) is 1.35. The molecule has 8 nitrogen and oxygen atoms in total. The largest absolute Gasteiger partial charge is 0.494 e. The maximum atomic E-state index is 11.8. The molecule has 0 radical (unpaired) electrons. The standard InChI is InChI=1S/C23H36N4O4.HI/c1-3-30-20-7-5-18(6-8-20)23(11-15-29-16-12-23)17-25-21(24)26-19-9-13-27(14-10-19)22(28)31-4-2;/h5-8,19H,3-4,9-17H2,1-2H3,(H3,24,25,26);1H. The summed E-state index contributed by atoms with van der Waals surface area (Å²) >= 11 is 0. The molecule has 9 heteroatoms. The van der Waals surface area contributed by atoms with E-state index in [-0.39, 0.29) is 41.5 Å². The molecule has 0 bridgehead atoms. The van der Waals surface area contributed by atoms with Gasteiger partial charge in [0.05, 0.1) is 19.8 Å². The van der Waals surface area contributed by atoms with Gasteiger partial charge in [-0.05, 0) is 57.2 Å². The molecule has 2 saturated heterocycles. The van der Waals surface area contributed by atoms with Gasteiger partial charge in [0.15, 0.2) is 5.96 Å². The van der Waals surface area contributed by atoms with E-state index in [0.29, 0.717) is 38.8 Å². The molecule has 0 unspecified atom stereocenters. The highest BCUT2D eigenvalue weighted by atomic mass is 127. The first-order chi connectivity index (χ1) is 15.1. The first kappa shape index (κ1) is 26.5. The van der Waals surface area contributed by atoms with E-state index in [1.54, 1.807) is 4.90 Å². The second-order valence-electron chi connectivity index (χ2n) is 8.16. The lowest BCUT2D eigenvalue weighted by Crippen LogP contribution is -2.49. The van der Waals surface area contributed by atoms with Crippen molar-refractivity contribution in [3.63, 3.8) is 0 Å². The number of rotatable bonds is 7. The number of nitrogens with two attached hydrogens (primary N) is 1. The maximum Gasteiger partial charge on any atom is 0.409 e. The minimum atomic E-state index is -0.237. The van der Waals surface area contributed by atoms with Crippen LogP contribution in [0.3, 0.4) is 0 Å². The van der Waals surface area contributed by atoms with Crippen LogP contribution >= 0.6 is 24.0 Å². The summed E-state index contributed by atoms with van der Waals surface area (Å²) in [7, 11) is 0. The highest BCUT2D eigenvalue weighted by molar-refractivity contribution is 14.0. The Labute approximate surface area is 208 Å². The maximum absolute atomic E-state index is 11.8. The number of nitrogens with one attached hydrogen (secondary N) is 1. The van der Waals surface area contributed by atoms with Gasteiger partial charge >= 0.3 is 6.09 Å². The molecule has 1 amide bonds. The van der Waals surface area contributed by atoms with Crippen LogP contribution in [0.25, 0.3) is 0 Å². The van der Waals surface area contributed by atoms with Crippen molar-refractivity contribution < 1.29 is 19.0 Å². The van der Waals surface area contributed by atoms with Crippen LogP contribution < -0.4 is 15.8 Å². The van der Waals surface area contributed by atoms with Crippen molar-refractivity contribution in [3.8, 4) is 5.75 Å². The molecule has 3 N–H and O–H groups in total. The van der Waals surface area contributed by atoms with Crippen LogP contribution in [0, 0.1) is 0 Å². The number of halogens is 1. The molecule has 180 valence electrons. The summed E-state index contributed by atoms with van der Waals surface area (Å²) in [6.07, 6.45) is 3.24. The quantitative estimate of drug-likeness (QED) is 0.302. The van der Waals surface area contributed by atoms with Crippen LogP contribution in [-0.2, 0) is 14.9 Å². The smallest absolute Gasteiger partial charge is 0.409 e. The first-order valence-corrected chi connectivity index (χ1v) is 11.4. The third-order valence-electron chi connectivity index (χ3n) is 6.15. The van der Waals surface area contributed by atoms with Gasteiger partial charge in [-0.25, -0.2) is 4.79 Å². The third-order valence-corrected chi connectivity index (χ3v) is 6.15. The van der Waals surface area contributed by atoms with Gasteiger partial charge in [0.1, 0.15) is 5.75 Å². The fraction of sp³-hybridized carbons (Fsp3) is 0.652. The topological polar surface area (TPSA) is 98.4 Å². The molecular formula is C23H37IN4O4. The van der Waals surface area contributed by atoms with Gasteiger partial charge in [-0.15, -0.1) is 24.0 Å². The number of piperidine rings is 1. The van der Waals surface area contributed by atoms with Crippen LogP contribution in [0.5, 0.6) is 5.75 Å². The second kappa shape index (κ2) is 13.1. The average Bonchev–Trinajstić information content (AvgIpc) is 2.80. The molecule has 2 aliphatic heterocycles. The number of carbonyl (C=O) groups is 1. The van der Waals surface area contributed by atoms with Crippen LogP contribution in [0.15, 0.2) is 29.3 Å². The van der Waals surface area contributed by atoms with Crippen molar-refractivity contribution in [1.29, 1.82) is 0 Å². The molecule has 2 aliphatic rings. The van der Waals surface area contributed by atoms with Crippen molar-refractivity contribution in [1.82, 2.24) is 10.2 Å². The molecule has 0 aromatic heterocycles. The summed E-state index contributed by atoms with van der Waals surface area (Å²) in [6.45, 7) is 8.26. The van der Waals surface area contributed by atoms with Crippen molar-refractivity contribution >= 4 is 36.0 Å². The number of carbonyl (C=O) groups excluding carboxylic acids is 1. The lowest BCUT2D eigenvalue weighted by Gasteiger charge is -2.37. The minimum absolute atomic E-state index is 0. The van der Waals surface area contributed by atoms with Crippen LogP contribution in [0.4, 0.5) is 4.79 Å². The van der Waals surface area contributed by atoms with Crippen molar-refractivity contribution in [2.24, 2.45) is 10.7 Å². The Balaban J connectivity index is 0.00000363. The first-order valence-electron chi connectivity index (χ1n) is 11.4. The van der Waals surface area contributed by atoms with Crippen LogP contribution in [-0.4, -0.2) is 69.1 Å². The minimum Gasteiger partial charge on any atom is -0.494 e. The Morgan fingerprint density at radius 3 is 2.44 bits per heavy atom. The molecule has 2 fully saturated rings. The van der Waals surface area contributed by atoms with Gasteiger partial charge in [0.2, 0.25) is 0 Å². The van der Waals surface area contributed by atoms with Gasteiger partial charge < -0.3 is 30.2 Å². The van der Waals surface area contributed by atoms with Gasteiger partial charge in [0.25, 0.3) is 0 Å². The van der Waals surface area contributed by atoms with E-state index in [0.717, 1.165) is 44.6 Å². The van der Waals surface area contributed by atoms with E-state index in [1.165, 1.54) is 5.56 Å². The van der Waals surface area contributed by atoms with E-state index in [2.05, 4.69) is 17.4 Å². The molecule has 0 saturated carbocycles. The van der Waals surface area contributed by atoms with Crippen LogP contribution in [0.2, 0.25) is 0 Å². The van der Waals surface area contributed by atoms with Gasteiger partial charge in [-0.3, -0.25) is 4.99 Å². The molecule has 0 aliphatic carbocycles. The molecule has 3 rings (SSSR count).